The van der Waals surface area contributed by atoms with E-state index < -0.39 is 29.6 Å². The molecule has 0 aliphatic carbocycles. The fraction of sp³-hybridized carbons (Fsp3) is 0.769. The number of carbonyl (C=O) groups is 3. The summed E-state index contributed by atoms with van der Waals surface area (Å²) < 4.78 is 9.61. The van der Waals surface area contributed by atoms with Gasteiger partial charge in [-0.05, 0) is 40.2 Å². The summed E-state index contributed by atoms with van der Waals surface area (Å²) in [5.41, 5.74) is 10.2. The van der Waals surface area contributed by atoms with Gasteiger partial charge in [0.2, 0.25) is 0 Å². The van der Waals surface area contributed by atoms with Crippen LogP contribution in [0, 0.1) is 0 Å². The molecule has 1 atom stereocenters. The van der Waals surface area contributed by atoms with Crippen LogP contribution in [0.1, 0.15) is 46.5 Å². The highest BCUT2D eigenvalue weighted by Gasteiger charge is 2.23. The maximum Gasteiger partial charge on any atom is 0.323 e. The molecule has 0 bridgehead atoms. The molecular weight excluding hydrogens is 264 g/mol. The lowest BCUT2D eigenvalue weighted by Gasteiger charge is -2.21. The van der Waals surface area contributed by atoms with E-state index >= 15 is 0 Å². The van der Waals surface area contributed by atoms with Gasteiger partial charge in [-0.25, -0.2) is 0 Å². The van der Waals surface area contributed by atoms with Crippen LogP contribution in [0.5, 0.6) is 0 Å². The van der Waals surface area contributed by atoms with Crippen LogP contribution >= 0.6 is 0 Å². The fourth-order valence-electron chi connectivity index (χ4n) is 1.24. The normalized spacial score (nSPS) is 12.7. The van der Waals surface area contributed by atoms with Crippen LogP contribution < -0.4 is 11.5 Å². The first kappa shape index (κ1) is 18.5. The molecule has 0 rings (SSSR count). The number of esters is 3. The monoisotopic (exact) mass is 288 g/mol. The third kappa shape index (κ3) is 9.46. The fourth-order valence-corrected chi connectivity index (χ4v) is 1.24. The van der Waals surface area contributed by atoms with Gasteiger partial charge in [0.1, 0.15) is 11.6 Å². The molecule has 0 aromatic rings. The molecule has 0 heterocycles. The van der Waals surface area contributed by atoms with Gasteiger partial charge in [-0.3, -0.25) is 14.4 Å². The zero-order chi connectivity index (χ0) is 15.8. The van der Waals surface area contributed by atoms with Crippen molar-refractivity contribution in [3.05, 3.63) is 0 Å². The van der Waals surface area contributed by atoms with E-state index in [0.29, 0.717) is 13.0 Å². The number of carbonyl (C=O) groups excluding carboxylic acids is 3. The van der Waals surface area contributed by atoms with Crippen molar-refractivity contribution in [2.45, 2.75) is 58.1 Å². The first-order chi connectivity index (χ1) is 9.15. The average molecular weight is 288 g/mol. The summed E-state index contributed by atoms with van der Waals surface area (Å²) in [4.78, 5) is 34.1. The Bertz CT molecular complexity index is 349. The summed E-state index contributed by atoms with van der Waals surface area (Å²) in [6, 6.07) is -0.916. The molecule has 7 nitrogen and oxygen atoms in total. The first-order valence-corrected chi connectivity index (χ1v) is 6.57. The van der Waals surface area contributed by atoms with Crippen molar-refractivity contribution < 1.29 is 23.9 Å². The van der Waals surface area contributed by atoms with Gasteiger partial charge in [-0.2, -0.15) is 0 Å². The van der Waals surface area contributed by atoms with Crippen molar-refractivity contribution in [3.8, 4) is 0 Å². The molecule has 0 saturated heterocycles. The molecule has 0 aliphatic heterocycles. The van der Waals surface area contributed by atoms with Gasteiger partial charge in [0.25, 0.3) is 0 Å². The SMILES string of the molecule is CC(C)(C)OC(=O)C(N)CCC(=O)OC(=O)CCCN. The van der Waals surface area contributed by atoms with Crippen LogP contribution in [0.3, 0.4) is 0 Å². The minimum Gasteiger partial charge on any atom is -0.459 e. The third-order valence-electron chi connectivity index (χ3n) is 2.18. The van der Waals surface area contributed by atoms with E-state index in [2.05, 4.69) is 4.74 Å². The van der Waals surface area contributed by atoms with Crippen LogP contribution in [0.15, 0.2) is 0 Å². The topological polar surface area (TPSA) is 122 Å². The zero-order valence-corrected chi connectivity index (χ0v) is 12.3. The van der Waals surface area contributed by atoms with Gasteiger partial charge in [0.05, 0.1) is 0 Å². The molecule has 1 unspecified atom stereocenters. The highest BCUT2D eigenvalue weighted by molar-refractivity contribution is 5.85. The van der Waals surface area contributed by atoms with Crippen molar-refractivity contribution in [3.63, 3.8) is 0 Å². The predicted octanol–water partition coefficient (Wildman–Crippen LogP) is 0.244. The van der Waals surface area contributed by atoms with Crippen molar-refractivity contribution >= 4 is 17.9 Å². The lowest BCUT2D eigenvalue weighted by molar-refractivity contribution is -0.160. The molecule has 0 spiro atoms. The smallest absolute Gasteiger partial charge is 0.323 e. The molecule has 0 fully saturated rings. The number of ether oxygens (including phenoxy) is 2. The Balaban J connectivity index is 4.00. The van der Waals surface area contributed by atoms with Crippen LogP contribution in [-0.2, 0) is 23.9 Å². The summed E-state index contributed by atoms with van der Waals surface area (Å²) in [7, 11) is 0. The summed E-state index contributed by atoms with van der Waals surface area (Å²) in [5.74, 6) is -1.91. The number of nitrogens with two attached hydrogens (primary N) is 2. The van der Waals surface area contributed by atoms with E-state index in [9.17, 15) is 14.4 Å². The van der Waals surface area contributed by atoms with Crippen molar-refractivity contribution in [2.24, 2.45) is 11.5 Å². The summed E-state index contributed by atoms with van der Waals surface area (Å²) >= 11 is 0. The molecule has 0 aromatic heterocycles. The van der Waals surface area contributed by atoms with Crippen LogP contribution in [0.2, 0.25) is 0 Å². The summed E-state index contributed by atoms with van der Waals surface area (Å²) in [6.07, 6.45) is 0.511. The molecule has 0 amide bonds. The number of rotatable bonds is 7. The molecule has 7 heteroatoms. The second-order valence-corrected chi connectivity index (χ2v) is 5.42. The predicted molar refractivity (Wildman–Crippen MR) is 72.4 cm³/mol. The van der Waals surface area contributed by atoms with Gasteiger partial charge < -0.3 is 20.9 Å². The van der Waals surface area contributed by atoms with E-state index in [1.807, 2.05) is 0 Å². The Morgan fingerprint density at radius 3 is 2.15 bits per heavy atom. The largest absolute Gasteiger partial charge is 0.459 e. The summed E-state index contributed by atoms with van der Waals surface area (Å²) in [6.45, 7) is 5.53. The Morgan fingerprint density at radius 1 is 1.10 bits per heavy atom. The Hall–Kier alpha value is -1.47. The van der Waals surface area contributed by atoms with Gasteiger partial charge in [-0.15, -0.1) is 0 Å². The first-order valence-electron chi connectivity index (χ1n) is 6.57. The van der Waals surface area contributed by atoms with E-state index in [1.165, 1.54) is 0 Å². The molecule has 0 radical (unpaired) electrons. The highest BCUT2D eigenvalue weighted by atomic mass is 16.6. The number of hydrogen-bond acceptors (Lipinski definition) is 7. The minimum atomic E-state index is -0.916. The van der Waals surface area contributed by atoms with Gasteiger partial charge in [0, 0.05) is 12.8 Å². The van der Waals surface area contributed by atoms with E-state index in [4.69, 9.17) is 16.2 Å². The van der Waals surface area contributed by atoms with Crippen LogP contribution in [-0.4, -0.2) is 36.1 Å². The second-order valence-electron chi connectivity index (χ2n) is 5.42. The van der Waals surface area contributed by atoms with Crippen LogP contribution in [0.25, 0.3) is 0 Å². The van der Waals surface area contributed by atoms with Crippen molar-refractivity contribution in [1.82, 2.24) is 0 Å². The Kier molecular flexibility index (Phi) is 8.02. The molecule has 0 aromatic carbocycles. The van der Waals surface area contributed by atoms with Gasteiger partial charge in [0.15, 0.2) is 0 Å². The third-order valence-corrected chi connectivity index (χ3v) is 2.18. The van der Waals surface area contributed by atoms with Crippen LogP contribution in [0.4, 0.5) is 0 Å². The minimum absolute atomic E-state index is 0.0674. The van der Waals surface area contributed by atoms with Gasteiger partial charge in [-0.1, -0.05) is 0 Å². The zero-order valence-electron chi connectivity index (χ0n) is 12.3. The average Bonchev–Trinajstić information content (AvgIpc) is 2.31. The lowest BCUT2D eigenvalue weighted by atomic mass is 10.1. The van der Waals surface area contributed by atoms with Crippen molar-refractivity contribution in [2.75, 3.05) is 6.54 Å². The lowest BCUT2D eigenvalue weighted by Crippen LogP contribution is -2.37. The quantitative estimate of drug-likeness (QED) is 0.508. The van der Waals surface area contributed by atoms with Crippen molar-refractivity contribution in [1.29, 1.82) is 0 Å². The maximum atomic E-state index is 11.6. The Morgan fingerprint density at radius 2 is 1.65 bits per heavy atom. The van der Waals surface area contributed by atoms with E-state index in [-0.39, 0.29) is 19.3 Å². The summed E-state index contributed by atoms with van der Waals surface area (Å²) in [5, 5.41) is 0. The molecular formula is C13H24N2O5. The molecule has 20 heavy (non-hydrogen) atoms. The van der Waals surface area contributed by atoms with Gasteiger partial charge >= 0.3 is 17.9 Å². The maximum absolute atomic E-state index is 11.6. The molecule has 116 valence electrons. The highest BCUT2D eigenvalue weighted by Crippen LogP contribution is 2.10. The number of hydrogen-bond donors (Lipinski definition) is 2. The second kappa shape index (κ2) is 8.65. The molecule has 4 N–H and O–H groups in total. The molecule has 0 aliphatic rings. The Labute approximate surface area is 119 Å². The molecule has 0 saturated carbocycles. The standard InChI is InChI=1S/C13H24N2O5/c1-13(2,3)20-12(18)9(15)6-7-11(17)19-10(16)5-4-8-14/h9H,4-8,14-15H2,1-3H3. The van der Waals surface area contributed by atoms with E-state index in [0.717, 1.165) is 0 Å². The van der Waals surface area contributed by atoms with E-state index in [1.54, 1.807) is 20.8 Å².